The summed E-state index contributed by atoms with van der Waals surface area (Å²) in [6.45, 7) is 4.80. The van der Waals surface area contributed by atoms with E-state index in [0.29, 0.717) is 6.54 Å². The summed E-state index contributed by atoms with van der Waals surface area (Å²) < 4.78 is 14.8. The quantitative estimate of drug-likeness (QED) is 0.460. The van der Waals surface area contributed by atoms with Crippen molar-refractivity contribution in [3.8, 4) is 0 Å². The van der Waals surface area contributed by atoms with Crippen molar-refractivity contribution in [1.29, 1.82) is 0 Å². The minimum atomic E-state index is -0.322. The Hall–Kier alpha value is -0.650. The minimum Gasteiger partial charge on any atom is -0.468 e. The first kappa shape index (κ1) is 14.3. The summed E-state index contributed by atoms with van der Waals surface area (Å²) in [4.78, 5) is 13.1. The van der Waals surface area contributed by atoms with Crippen LogP contribution in [0.1, 0.15) is 13.8 Å². The van der Waals surface area contributed by atoms with E-state index < -0.39 is 0 Å². The van der Waals surface area contributed by atoms with Crippen LogP contribution in [0.4, 0.5) is 0 Å². The van der Waals surface area contributed by atoms with Gasteiger partial charge in [0.05, 0.1) is 20.2 Å². The Morgan fingerprint density at radius 1 is 1.20 bits per heavy atom. The van der Waals surface area contributed by atoms with Crippen LogP contribution in [0.3, 0.4) is 0 Å². The summed E-state index contributed by atoms with van der Waals surface area (Å²) in [7, 11) is 4.53. The van der Waals surface area contributed by atoms with Crippen LogP contribution in [-0.2, 0) is 19.0 Å². The second-order valence-electron chi connectivity index (χ2n) is 3.50. The van der Waals surface area contributed by atoms with Crippen LogP contribution in [0.5, 0.6) is 0 Å². The highest BCUT2D eigenvalue weighted by molar-refractivity contribution is 5.71. The lowest BCUT2D eigenvalue weighted by Gasteiger charge is -2.28. The normalized spacial score (nSPS) is 11.5. The van der Waals surface area contributed by atoms with Gasteiger partial charge in [0, 0.05) is 20.3 Å². The number of hydrogen-bond acceptors (Lipinski definition) is 5. The average molecular weight is 219 g/mol. The van der Waals surface area contributed by atoms with E-state index in [4.69, 9.17) is 9.47 Å². The molecule has 0 radical (unpaired) electrons. The predicted octanol–water partition coefficient (Wildman–Crippen LogP) is 0.489. The molecule has 0 N–H and O–H groups in total. The highest BCUT2D eigenvalue weighted by Crippen LogP contribution is 2.03. The van der Waals surface area contributed by atoms with Gasteiger partial charge in [0.1, 0.15) is 0 Å². The fourth-order valence-electron chi connectivity index (χ4n) is 1.13. The van der Waals surface area contributed by atoms with Crippen molar-refractivity contribution in [2.75, 3.05) is 34.4 Å². The van der Waals surface area contributed by atoms with E-state index in [2.05, 4.69) is 4.74 Å². The molecule has 0 aromatic heterocycles. The number of carbonyl (C=O) groups is 1. The number of carbonyl (C=O) groups excluding carboxylic acids is 1. The molecule has 0 spiro atoms. The fraction of sp³-hybridized carbons (Fsp3) is 0.900. The van der Waals surface area contributed by atoms with E-state index in [-0.39, 0.29) is 24.8 Å². The fourth-order valence-corrected chi connectivity index (χ4v) is 1.13. The number of methoxy groups -OCH3 is 3. The molecule has 0 aromatic carbocycles. The third kappa shape index (κ3) is 5.71. The summed E-state index contributed by atoms with van der Waals surface area (Å²) in [5, 5.41) is 0. The van der Waals surface area contributed by atoms with E-state index >= 15 is 0 Å². The van der Waals surface area contributed by atoms with Gasteiger partial charge in [-0.05, 0) is 13.8 Å². The molecule has 5 nitrogen and oxygen atoms in total. The minimum absolute atomic E-state index is 0.233. The summed E-state index contributed by atoms with van der Waals surface area (Å²) in [5.41, 5.74) is 0. The molecule has 0 amide bonds. The topological polar surface area (TPSA) is 48.0 Å². The second kappa shape index (κ2) is 7.62. The predicted molar refractivity (Wildman–Crippen MR) is 56.5 cm³/mol. The molecule has 0 aliphatic heterocycles. The van der Waals surface area contributed by atoms with Gasteiger partial charge in [0.2, 0.25) is 0 Å². The molecule has 0 unspecified atom stereocenters. The van der Waals surface area contributed by atoms with Gasteiger partial charge in [0.15, 0.2) is 6.29 Å². The molecule has 0 aliphatic rings. The summed E-state index contributed by atoms with van der Waals surface area (Å²) in [6, 6.07) is 0.233. The Balaban J connectivity index is 4.20. The van der Waals surface area contributed by atoms with Crippen LogP contribution in [0.15, 0.2) is 0 Å². The number of rotatable bonds is 7. The zero-order chi connectivity index (χ0) is 11.8. The van der Waals surface area contributed by atoms with Crippen molar-refractivity contribution in [3.05, 3.63) is 0 Å². The highest BCUT2D eigenvalue weighted by Gasteiger charge is 2.18. The molecular formula is C10H21NO4. The maximum Gasteiger partial charge on any atom is 0.319 e. The van der Waals surface area contributed by atoms with Gasteiger partial charge in [-0.3, -0.25) is 9.69 Å². The molecule has 0 saturated carbocycles. The van der Waals surface area contributed by atoms with Crippen molar-refractivity contribution < 1.29 is 19.0 Å². The van der Waals surface area contributed by atoms with Gasteiger partial charge < -0.3 is 14.2 Å². The highest BCUT2D eigenvalue weighted by atomic mass is 16.7. The second-order valence-corrected chi connectivity index (χ2v) is 3.50. The summed E-state index contributed by atoms with van der Waals surface area (Å²) in [6.07, 6.45) is -0.322. The standard InChI is InChI=1S/C10H21NO4/c1-8(2)11(6-9(12)13-3)7-10(14-4)15-5/h8,10H,6-7H2,1-5H3. The third-order valence-corrected chi connectivity index (χ3v) is 2.20. The zero-order valence-electron chi connectivity index (χ0n) is 10.1. The maximum atomic E-state index is 11.1. The Kier molecular flexibility index (Phi) is 7.29. The summed E-state index contributed by atoms with van der Waals surface area (Å²) in [5.74, 6) is -0.255. The smallest absolute Gasteiger partial charge is 0.319 e. The van der Waals surface area contributed by atoms with Gasteiger partial charge >= 0.3 is 5.97 Å². The van der Waals surface area contributed by atoms with Gasteiger partial charge in [0.25, 0.3) is 0 Å². The summed E-state index contributed by atoms with van der Waals surface area (Å²) >= 11 is 0. The third-order valence-electron chi connectivity index (χ3n) is 2.20. The molecule has 0 heterocycles. The van der Waals surface area contributed by atoms with Crippen molar-refractivity contribution in [3.63, 3.8) is 0 Å². The molecule has 5 heteroatoms. The molecule has 0 saturated heterocycles. The molecule has 0 aliphatic carbocycles. The van der Waals surface area contributed by atoms with Crippen molar-refractivity contribution >= 4 is 5.97 Å². The lowest BCUT2D eigenvalue weighted by molar-refractivity contribution is -0.147. The number of hydrogen-bond donors (Lipinski definition) is 0. The van der Waals surface area contributed by atoms with E-state index in [1.54, 1.807) is 14.2 Å². The van der Waals surface area contributed by atoms with Crippen molar-refractivity contribution in [2.45, 2.75) is 26.2 Å². The molecule has 15 heavy (non-hydrogen) atoms. The first-order chi connectivity index (χ1) is 7.04. The number of nitrogens with zero attached hydrogens (tertiary/aromatic N) is 1. The monoisotopic (exact) mass is 219 g/mol. The van der Waals surface area contributed by atoms with Crippen molar-refractivity contribution in [2.24, 2.45) is 0 Å². The SMILES string of the molecule is COC(=O)CN(CC(OC)OC)C(C)C. The van der Waals surface area contributed by atoms with Gasteiger partial charge in [-0.25, -0.2) is 0 Å². The largest absolute Gasteiger partial charge is 0.468 e. The van der Waals surface area contributed by atoms with Crippen LogP contribution < -0.4 is 0 Å². The van der Waals surface area contributed by atoms with E-state index in [9.17, 15) is 4.79 Å². The Morgan fingerprint density at radius 2 is 1.73 bits per heavy atom. The Labute approximate surface area is 91.3 Å². The lowest BCUT2D eigenvalue weighted by Crippen LogP contribution is -2.42. The Bertz CT molecular complexity index is 180. The van der Waals surface area contributed by atoms with Crippen LogP contribution >= 0.6 is 0 Å². The Morgan fingerprint density at radius 3 is 2.07 bits per heavy atom. The first-order valence-electron chi connectivity index (χ1n) is 4.91. The molecule has 0 aromatic rings. The van der Waals surface area contributed by atoms with Crippen LogP contribution in [-0.4, -0.2) is 57.6 Å². The zero-order valence-corrected chi connectivity index (χ0v) is 10.1. The average Bonchev–Trinajstić information content (AvgIpc) is 2.23. The van der Waals surface area contributed by atoms with Crippen LogP contribution in [0.25, 0.3) is 0 Å². The molecule has 0 rings (SSSR count). The molecule has 0 atom stereocenters. The van der Waals surface area contributed by atoms with Gasteiger partial charge in [-0.2, -0.15) is 0 Å². The van der Waals surface area contributed by atoms with Gasteiger partial charge in [-0.1, -0.05) is 0 Å². The molecule has 0 bridgehead atoms. The molecule has 0 fully saturated rings. The maximum absolute atomic E-state index is 11.1. The molecular weight excluding hydrogens is 198 g/mol. The van der Waals surface area contributed by atoms with E-state index in [1.807, 2.05) is 18.7 Å². The van der Waals surface area contributed by atoms with Crippen molar-refractivity contribution in [1.82, 2.24) is 4.90 Å². The lowest BCUT2D eigenvalue weighted by atomic mass is 10.3. The van der Waals surface area contributed by atoms with Crippen LogP contribution in [0.2, 0.25) is 0 Å². The van der Waals surface area contributed by atoms with Gasteiger partial charge in [-0.15, -0.1) is 0 Å². The molecule has 90 valence electrons. The van der Waals surface area contributed by atoms with E-state index in [1.165, 1.54) is 7.11 Å². The number of esters is 1. The number of ether oxygens (including phenoxy) is 3. The van der Waals surface area contributed by atoms with Crippen LogP contribution in [0, 0.1) is 0 Å². The first-order valence-corrected chi connectivity index (χ1v) is 4.91. The van der Waals surface area contributed by atoms with E-state index in [0.717, 1.165) is 0 Å².